The van der Waals surface area contributed by atoms with Gasteiger partial charge in [-0.15, -0.1) is 0 Å². The SMILES string of the molecule is CC(C)(CC(=O)O)c1ccccc1C1CCC1. The first-order valence-corrected chi connectivity index (χ1v) is 6.32. The molecule has 0 bridgehead atoms. The van der Waals surface area contributed by atoms with Crippen LogP contribution in [0.1, 0.15) is 56.6 Å². The molecule has 1 N–H and O–H groups in total. The predicted molar refractivity (Wildman–Crippen MR) is 68.3 cm³/mol. The molecule has 0 heterocycles. The van der Waals surface area contributed by atoms with E-state index in [-0.39, 0.29) is 11.8 Å². The van der Waals surface area contributed by atoms with Crippen molar-refractivity contribution in [3.8, 4) is 0 Å². The van der Waals surface area contributed by atoms with Crippen molar-refractivity contribution in [2.75, 3.05) is 0 Å². The number of benzene rings is 1. The lowest BCUT2D eigenvalue weighted by Gasteiger charge is -2.33. The number of carboxylic acid groups (broad SMARTS) is 1. The Morgan fingerprint density at radius 1 is 1.35 bits per heavy atom. The Bertz CT molecular complexity index is 417. The maximum absolute atomic E-state index is 11.0. The molecular weight excluding hydrogens is 212 g/mol. The number of hydrogen-bond acceptors (Lipinski definition) is 1. The highest BCUT2D eigenvalue weighted by Crippen LogP contribution is 2.42. The molecule has 1 aromatic carbocycles. The predicted octanol–water partition coefficient (Wildman–Crippen LogP) is 3.71. The van der Waals surface area contributed by atoms with E-state index in [0.717, 1.165) is 0 Å². The summed E-state index contributed by atoms with van der Waals surface area (Å²) in [5, 5.41) is 9.01. The molecule has 2 heteroatoms. The van der Waals surface area contributed by atoms with Crippen molar-refractivity contribution in [3.05, 3.63) is 35.4 Å². The highest BCUT2D eigenvalue weighted by Gasteiger charge is 2.30. The minimum atomic E-state index is -0.724. The number of aliphatic carboxylic acids is 1. The third-order valence-electron chi connectivity index (χ3n) is 3.83. The van der Waals surface area contributed by atoms with Crippen molar-refractivity contribution < 1.29 is 9.90 Å². The van der Waals surface area contributed by atoms with E-state index < -0.39 is 5.97 Å². The van der Waals surface area contributed by atoms with Crippen molar-refractivity contribution in [1.82, 2.24) is 0 Å². The van der Waals surface area contributed by atoms with Crippen LogP contribution >= 0.6 is 0 Å². The van der Waals surface area contributed by atoms with Crippen molar-refractivity contribution >= 4 is 5.97 Å². The van der Waals surface area contributed by atoms with Gasteiger partial charge in [0.2, 0.25) is 0 Å². The molecule has 0 atom stereocenters. The van der Waals surface area contributed by atoms with Gasteiger partial charge in [0.25, 0.3) is 0 Å². The Morgan fingerprint density at radius 3 is 2.53 bits per heavy atom. The third kappa shape index (κ3) is 2.51. The molecule has 0 spiro atoms. The van der Waals surface area contributed by atoms with Gasteiger partial charge in [0.1, 0.15) is 0 Å². The molecule has 1 aliphatic carbocycles. The van der Waals surface area contributed by atoms with Gasteiger partial charge in [0.15, 0.2) is 0 Å². The zero-order valence-corrected chi connectivity index (χ0v) is 10.6. The molecule has 0 aromatic heterocycles. The average molecular weight is 232 g/mol. The molecular formula is C15H20O2. The van der Waals surface area contributed by atoms with Crippen LogP contribution in [-0.4, -0.2) is 11.1 Å². The smallest absolute Gasteiger partial charge is 0.304 e. The molecule has 0 amide bonds. The van der Waals surface area contributed by atoms with E-state index in [4.69, 9.17) is 5.11 Å². The molecule has 0 radical (unpaired) electrons. The van der Waals surface area contributed by atoms with E-state index in [9.17, 15) is 4.79 Å². The highest BCUT2D eigenvalue weighted by atomic mass is 16.4. The van der Waals surface area contributed by atoms with Crippen LogP contribution in [0.15, 0.2) is 24.3 Å². The zero-order chi connectivity index (χ0) is 12.5. The standard InChI is InChI=1S/C15H20O2/c1-15(2,10-14(16)17)13-9-4-3-8-12(13)11-6-5-7-11/h3-4,8-9,11H,5-7,10H2,1-2H3,(H,16,17). The van der Waals surface area contributed by atoms with Gasteiger partial charge in [0, 0.05) is 5.41 Å². The van der Waals surface area contributed by atoms with E-state index in [1.165, 1.54) is 30.4 Å². The lowest BCUT2D eigenvalue weighted by Crippen LogP contribution is -2.25. The van der Waals surface area contributed by atoms with E-state index in [1.807, 2.05) is 19.9 Å². The molecule has 0 saturated heterocycles. The fourth-order valence-corrected chi connectivity index (χ4v) is 2.66. The number of rotatable bonds is 4. The van der Waals surface area contributed by atoms with Crippen LogP contribution in [0.2, 0.25) is 0 Å². The summed E-state index contributed by atoms with van der Waals surface area (Å²) in [6, 6.07) is 8.34. The minimum absolute atomic E-state index is 0.191. The normalized spacial score (nSPS) is 16.6. The zero-order valence-electron chi connectivity index (χ0n) is 10.6. The molecule has 0 unspecified atom stereocenters. The summed E-state index contributed by atoms with van der Waals surface area (Å²) in [5.41, 5.74) is 2.30. The Hall–Kier alpha value is -1.31. The molecule has 1 aliphatic rings. The topological polar surface area (TPSA) is 37.3 Å². The average Bonchev–Trinajstić information content (AvgIpc) is 2.13. The Labute approximate surface area is 103 Å². The van der Waals surface area contributed by atoms with Gasteiger partial charge in [-0.25, -0.2) is 0 Å². The maximum atomic E-state index is 11.0. The summed E-state index contributed by atoms with van der Waals surface area (Å²) in [7, 11) is 0. The summed E-state index contributed by atoms with van der Waals surface area (Å²) < 4.78 is 0. The largest absolute Gasteiger partial charge is 0.481 e. The van der Waals surface area contributed by atoms with Crippen LogP contribution in [0.3, 0.4) is 0 Å². The van der Waals surface area contributed by atoms with Crippen molar-refractivity contribution in [1.29, 1.82) is 0 Å². The second kappa shape index (κ2) is 4.52. The molecule has 1 saturated carbocycles. The molecule has 1 fully saturated rings. The second-order valence-corrected chi connectivity index (χ2v) is 5.67. The van der Waals surface area contributed by atoms with E-state index in [0.29, 0.717) is 5.92 Å². The molecule has 2 rings (SSSR count). The monoisotopic (exact) mass is 232 g/mol. The molecule has 92 valence electrons. The Balaban J connectivity index is 2.33. The third-order valence-corrected chi connectivity index (χ3v) is 3.83. The lowest BCUT2D eigenvalue weighted by atomic mass is 9.71. The number of carbonyl (C=O) groups is 1. The highest BCUT2D eigenvalue weighted by molar-refractivity contribution is 5.69. The van der Waals surface area contributed by atoms with Gasteiger partial charge < -0.3 is 5.11 Å². The summed E-state index contributed by atoms with van der Waals surface area (Å²) >= 11 is 0. The fourth-order valence-electron chi connectivity index (χ4n) is 2.66. The summed E-state index contributed by atoms with van der Waals surface area (Å²) in [4.78, 5) is 11.0. The maximum Gasteiger partial charge on any atom is 0.304 e. The van der Waals surface area contributed by atoms with E-state index >= 15 is 0 Å². The molecule has 17 heavy (non-hydrogen) atoms. The van der Waals surface area contributed by atoms with Crippen LogP contribution < -0.4 is 0 Å². The Kier molecular flexibility index (Phi) is 3.23. The van der Waals surface area contributed by atoms with Crippen LogP contribution in [0.25, 0.3) is 0 Å². The number of carboxylic acids is 1. The fraction of sp³-hybridized carbons (Fsp3) is 0.533. The van der Waals surface area contributed by atoms with E-state index in [1.54, 1.807) is 0 Å². The first-order valence-electron chi connectivity index (χ1n) is 6.32. The molecule has 1 aromatic rings. The van der Waals surface area contributed by atoms with Crippen molar-refractivity contribution in [2.24, 2.45) is 0 Å². The van der Waals surface area contributed by atoms with Gasteiger partial charge in [-0.3, -0.25) is 4.79 Å². The molecule has 2 nitrogen and oxygen atoms in total. The van der Waals surface area contributed by atoms with Crippen LogP contribution in [-0.2, 0) is 10.2 Å². The van der Waals surface area contributed by atoms with Crippen molar-refractivity contribution in [2.45, 2.75) is 50.9 Å². The first-order chi connectivity index (χ1) is 8.00. The summed E-state index contributed by atoms with van der Waals surface area (Å²) in [6.07, 6.45) is 4.00. The van der Waals surface area contributed by atoms with Crippen molar-refractivity contribution in [3.63, 3.8) is 0 Å². The summed E-state index contributed by atoms with van der Waals surface area (Å²) in [5.74, 6) is -0.0716. The van der Waals surface area contributed by atoms with Gasteiger partial charge in [-0.1, -0.05) is 44.5 Å². The Morgan fingerprint density at radius 2 is 2.00 bits per heavy atom. The summed E-state index contributed by atoms with van der Waals surface area (Å²) in [6.45, 7) is 4.05. The van der Waals surface area contributed by atoms with Crippen LogP contribution in [0.5, 0.6) is 0 Å². The van der Waals surface area contributed by atoms with E-state index in [2.05, 4.69) is 18.2 Å². The van der Waals surface area contributed by atoms with Gasteiger partial charge in [-0.2, -0.15) is 0 Å². The molecule has 0 aliphatic heterocycles. The minimum Gasteiger partial charge on any atom is -0.481 e. The van der Waals surface area contributed by atoms with Gasteiger partial charge in [0.05, 0.1) is 6.42 Å². The van der Waals surface area contributed by atoms with Gasteiger partial charge in [-0.05, 0) is 29.9 Å². The number of hydrogen-bond donors (Lipinski definition) is 1. The first kappa shape index (κ1) is 12.2. The lowest BCUT2D eigenvalue weighted by molar-refractivity contribution is -0.138. The quantitative estimate of drug-likeness (QED) is 0.859. The van der Waals surface area contributed by atoms with Crippen LogP contribution in [0, 0.1) is 0 Å². The van der Waals surface area contributed by atoms with Crippen LogP contribution in [0.4, 0.5) is 0 Å². The second-order valence-electron chi connectivity index (χ2n) is 5.67. The van der Waals surface area contributed by atoms with Gasteiger partial charge >= 0.3 is 5.97 Å².